The highest BCUT2D eigenvalue weighted by molar-refractivity contribution is 9.10. The number of methoxy groups -OCH3 is 1. The maximum atomic E-state index is 5.11. The Kier molecular flexibility index (Phi) is 6.04. The molecule has 0 spiro atoms. The maximum Gasteiger partial charge on any atom is 0.191 e. The zero-order valence-corrected chi connectivity index (χ0v) is 16.1. The maximum absolute atomic E-state index is 5.11. The summed E-state index contributed by atoms with van der Waals surface area (Å²) in [5, 5.41) is 11.3. The number of aliphatic imine (C=N–C) groups is 1. The zero-order chi connectivity index (χ0) is 17.6. The number of nitrogens with zero attached hydrogens (tertiary/aromatic N) is 4. The number of guanidine groups is 1. The van der Waals surface area contributed by atoms with Crippen LogP contribution in [-0.2, 0) is 30.9 Å². The predicted molar refractivity (Wildman–Crippen MR) is 100 cm³/mol. The Morgan fingerprint density at radius 1 is 1.40 bits per heavy atom. The van der Waals surface area contributed by atoms with Crippen molar-refractivity contribution in [3.8, 4) is 0 Å². The molecule has 134 valence electrons. The van der Waals surface area contributed by atoms with Crippen molar-refractivity contribution in [3.05, 3.63) is 46.0 Å². The van der Waals surface area contributed by atoms with Crippen molar-refractivity contribution in [2.24, 2.45) is 4.99 Å². The van der Waals surface area contributed by atoms with E-state index in [9.17, 15) is 0 Å². The molecule has 1 aliphatic rings. The number of nitrogens with one attached hydrogen (secondary N) is 2. The van der Waals surface area contributed by atoms with Gasteiger partial charge in [0.2, 0.25) is 0 Å². The van der Waals surface area contributed by atoms with E-state index in [0.29, 0.717) is 6.61 Å². The lowest BCUT2D eigenvalue weighted by Gasteiger charge is -2.25. The molecular weight excluding hydrogens is 384 g/mol. The Bertz CT molecular complexity index is 727. The fraction of sp³-hybridized carbons (Fsp3) is 0.471. The van der Waals surface area contributed by atoms with Crippen LogP contribution < -0.4 is 10.6 Å². The van der Waals surface area contributed by atoms with Crippen LogP contribution in [0.2, 0.25) is 0 Å². The molecule has 1 unspecified atom stereocenters. The zero-order valence-electron chi connectivity index (χ0n) is 14.5. The van der Waals surface area contributed by atoms with Gasteiger partial charge in [-0.2, -0.15) is 5.10 Å². The molecule has 1 aliphatic heterocycles. The highest BCUT2D eigenvalue weighted by Gasteiger charge is 2.22. The van der Waals surface area contributed by atoms with Crippen molar-refractivity contribution in [3.63, 3.8) is 0 Å². The topological polar surface area (TPSA) is 76.4 Å². The molecule has 0 saturated heterocycles. The van der Waals surface area contributed by atoms with Gasteiger partial charge in [0, 0.05) is 37.6 Å². The van der Waals surface area contributed by atoms with Gasteiger partial charge in [-0.1, -0.05) is 28.1 Å². The number of fused-ring (bicyclic) bond motifs is 1. The smallest absolute Gasteiger partial charge is 0.191 e. The average molecular weight is 407 g/mol. The van der Waals surface area contributed by atoms with E-state index in [2.05, 4.69) is 53.8 Å². The van der Waals surface area contributed by atoms with Crippen LogP contribution in [0.4, 0.5) is 0 Å². The molecule has 1 aromatic heterocycles. The number of halogens is 1. The normalized spacial score (nSPS) is 17.2. The number of rotatable bonds is 5. The molecule has 25 heavy (non-hydrogen) atoms. The minimum atomic E-state index is 0.278. The van der Waals surface area contributed by atoms with Crippen molar-refractivity contribution in [2.45, 2.75) is 38.6 Å². The Morgan fingerprint density at radius 2 is 2.20 bits per heavy atom. The number of aromatic nitrogens is 3. The number of hydrogen-bond acceptors (Lipinski definition) is 4. The monoisotopic (exact) mass is 406 g/mol. The third-order valence-corrected chi connectivity index (χ3v) is 4.64. The van der Waals surface area contributed by atoms with Gasteiger partial charge in [-0.15, -0.1) is 0 Å². The van der Waals surface area contributed by atoms with Gasteiger partial charge in [-0.05, 0) is 24.1 Å². The summed E-state index contributed by atoms with van der Waals surface area (Å²) in [5.74, 6) is 2.58. The molecule has 0 aliphatic carbocycles. The average Bonchev–Trinajstić information content (AvgIpc) is 3.02. The summed E-state index contributed by atoms with van der Waals surface area (Å²) in [6, 6.07) is 8.53. The first-order chi connectivity index (χ1) is 12.2. The SMILES string of the molecule is CN=C(NCc1ccc(Br)cc1)NC1CCc2nc(COC)nn2C1. The van der Waals surface area contributed by atoms with E-state index in [1.165, 1.54) is 5.56 Å². The summed E-state index contributed by atoms with van der Waals surface area (Å²) in [6.07, 6.45) is 1.90. The standard InChI is InChI=1S/C17H23BrN6O/c1-19-17(20-9-12-3-5-13(18)6-4-12)21-14-7-8-16-22-15(11-25-2)23-24(16)10-14/h3-6,14H,7-11H2,1-2H3,(H2,19,20,21). The minimum absolute atomic E-state index is 0.278. The lowest BCUT2D eigenvalue weighted by molar-refractivity contribution is 0.177. The lowest BCUT2D eigenvalue weighted by atomic mass is 10.1. The van der Waals surface area contributed by atoms with E-state index in [1.54, 1.807) is 14.2 Å². The third-order valence-electron chi connectivity index (χ3n) is 4.11. The second-order valence-electron chi connectivity index (χ2n) is 5.99. The number of hydrogen-bond donors (Lipinski definition) is 2. The predicted octanol–water partition coefficient (Wildman–Crippen LogP) is 1.87. The summed E-state index contributed by atoms with van der Waals surface area (Å²) < 4.78 is 8.16. The van der Waals surface area contributed by atoms with Crippen LogP contribution in [0.1, 0.15) is 23.6 Å². The van der Waals surface area contributed by atoms with Gasteiger partial charge in [0.25, 0.3) is 0 Å². The quantitative estimate of drug-likeness (QED) is 0.585. The second kappa shape index (κ2) is 8.44. The molecule has 0 bridgehead atoms. The van der Waals surface area contributed by atoms with Gasteiger partial charge in [0.15, 0.2) is 11.8 Å². The van der Waals surface area contributed by atoms with E-state index < -0.39 is 0 Å². The Hall–Kier alpha value is -1.93. The molecule has 0 amide bonds. The van der Waals surface area contributed by atoms with Crippen molar-refractivity contribution in [2.75, 3.05) is 14.2 Å². The third kappa shape index (κ3) is 4.79. The van der Waals surface area contributed by atoms with Crippen molar-refractivity contribution < 1.29 is 4.74 Å². The van der Waals surface area contributed by atoms with Crippen LogP contribution in [0.3, 0.4) is 0 Å². The van der Waals surface area contributed by atoms with Gasteiger partial charge in [-0.25, -0.2) is 9.67 Å². The molecule has 1 aromatic carbocycles. The van der Waals surface area contributed by atoms with Gasteiger partial charge in [0.05, 0.1) is 6.54 Å². The van der Waals surface area contributed by atoms with E-state index in [4.69, 9.17) is 4.74 Å². The molecule has 3 rings (SSSR count). The fourth-order valence-corrected chi connectivity index (χ4v) is 3.11. The first-order valence-corrected chi connectivity index (χ1v) is 9.10. The molecule has 2 N–H and O–H groups in total. The van der Waals surface area contributed by atoms with Crippen molar-refractivity contribution >= 4 is 21.9 Å². The summed E-state index contributed by atoms with van der Waals surface area (Å²) in [6.45, 7) is 1.96. The number of aryl methyl sites for hydroxylation is 1. The molecule has 0 fully saturated rings. The molecule has 0 saturated carbocycles. The first-order valence-electron chi connectivity index (χ1n) is 8.31. The minimum Gasteiger partial charge on any atom is -0.377 e. The summed E-state index contributed by atoms with van der Waals surface area (Å²) >= 11 is 3.45. The molecular formula is C17H23BrN6O. The fourth-order valence-electron chi connectivity index (χ4n) is 2.84. The second-order valence-corrected chi connectivity index (χ2v) is 6.91. The summed E-state index contributed by atoms with van der Waals surface area (Å²) in [4.78, 5) is 8.83. The molecule has 1 atom stereocenters. The molecule has 7 nitrogen and oxygen atoms in total. The Labute approximate surface area is 156 Å². The van der Waals surface area contributed by atoms with Gasteiger partial charge in [0.1, 0.15) is 12.4 Å². The van der Waals surface area contributed by atoms with Crippen LogP contribution >= 0.6 is 15.9 Å². The number of ether oxygens (including phenoxy) is 1. The van der Waals surface area contributed by atoms with Gasteiger partial charge < -0.3 is 15.4 Å². The molecule has 2 heterocycles. The van der Waals surface area contributed by atoms with Gasteiger partial charge in [-0.3, -0.25) is 4.99 Å². The molecule has 8 heteroatoms. The largest absolute Gasteiger partial charge is 0.377 e. The number of benzene rings is 1. The molecule has 2 aromatic rings. The van der Waals surface area contributed by atoms with Crippen LogP contribution in [0.25, 0.3) is 0 Å². The van der Waals surface area contributed by atoms with Crippen LogP contribution in [0.5, 0.6) is 0 Å². The van der Waals surface area contributed by atoms with Crippen LogP contribution in [-0.4, -0.2) is 40.9 Å². The lowest BCUT2D eigenvalue weighted by Crippen LogP contribution is -2.46. The summed E-state index contributed by atoms with van der Waals surface area (Å²) in [7, 11) is 3.45. The van der Waals surface area contributed by atoms with Crippen LogP contribution in [0, 0.1) is 0 Å². The highest BCUT2D eigenvalue weighted by atomic mass is 79.9. The highest BCUT2D eigenvalue weighted by Crippen LogP contribution is 2.14. The Balaban J connectivity index is 1.54. The van der Waals surface area contributed by atoms with E-state index >= 15 is 0 Å². The van der Waals surface area contributed by atoms with E-state index in [0.717, 1.165) is 48.0 Å². The van der Waals surface area contributed by atoms with Crippen LogP contribution in [0.15, 0.2) is 33.7 Å². The van der Waals surface area contributed by atoms with Crippen molar-refractivity contribution in [1.82, 2.24) is 25.4 Å². The van der Waals surface area contributed by atoms with E-state index in [1.807, 2.05) is 16.8 Å². The van der Waals surface area contributed by atoms with Crippen molar-refractivity contribution in [1.29, 1.82) is 0 Å². The van der Waals surface area contributed by atoms with Gasteiger partial charge >= 0.3 is 0 Å². The summed E-state index contributed by atoms with van der Waals surface area (Å²) in [5.41, 5.74) is 1.21. The molecule has 0 radical (unpaired) electrons. The Morgan fingerprint density at radius 3 is 2.92 bits per heavy atom. The van der Waals surface area contributed by atoms with E-state index in [-0.39, 0.29) is 6.04 Å². The first kappa shape index (κ1) is 17.9.